The molecule has 0 atom stereocenters. The highest BCUT2D eigenvalue weighted by molar-refractivity contribution is 14.1. The molecule has 0 radical (unpaired) electrons. The number of benzene rings is 4. The zero-order chi connectivity index (χ0) is 30.3. The van der Waals surface area contributed by atoms with Gasteiger partial charge in [0.15, 0.2) is 23.3 Å². The topological polar surface area (TPSA) is 80.2 Å². The molecule has 4 aromatic carbocycles. The van der Waals surface area contributed by atoms with E-state index in [2.05, 4.69) is 27.9 Å². The number of para-hydroxylation sites is 1. The minimum atomic E-state index is -0.278. The van der Waals surface area contributed by atoms with Gasteiger partial charge in [-0.3, -0.25) is 14.5 Å². The summed E-state index contributed by atoms with van der Waals surface area (Å²) in [7, 11) is 0. The fraction of sp³-hybridized carbons (Fsp3) is 0.147. The Bertz CT molecular complexity index is 1690. The summed E-state index contributed by atoms with van der Waals surface area (Å²) >= 11 is 3.48. The van der Waals surface area contributed by atoms with E-state index in [1.165, 1.54) is 11.8 Å². The Hall–Kier alpha value is -4.09. The van der Waals surface area contributed by atoms with Crippen molar-refractivity contribution < 1.29 is 19.1 Å². The van der Waals surface area contributed by atoms with Gasteiger partial charge in [0.05, 0.1) is 26.5 Å². The number of ether oxygens (including phenoxy) is 2. The number of amidine groups is 1. The zero-order valence-electron chi connectivity index (χ0n) is 24.0. The maximum atomic E-state index is 13.8. The Morgan fingerprint density at radius 1 is 0.953 bits per heavy atom. The molecule has 43 heavy (non-hydrogen) atoms. The van der Waals surface area contributed by atoms with Crippen LogP contribution in [0.25, 0.3) is 6.08 Å². The van der Waals surface area contributed by atoms with Crippen LogP contribution in [0.2, 0.25) is 0 Å². The predicted octanol–water partition coefficient (Wildman–Crippen LogP) is 8.13. The van der Waals surface area contributed by atoms with Crippen LogP contribution in [0.15, 0.2) is 101 Å². The van der Waals surface area contributed by atoms with E-state index in [0.717, 1.165) is 31.6 Å². The van der Waals surface area contributed by atoms with Crippen molar-refractivity contribution in [3.05, 3.63) is 116 Å². The molecule has 1 N–H and O–H groups in total. The smallest absolute Gasteiger partial charge is 0.271 e. The molecule has 0 unspecified atom stereocenters. The van der Waals surface area contributed by atoms with Gasteiger partial charge >= 0.3 is 0 Å². The minimum Gasteiger partial charge on any atom is -0.490 e. The molecule has 0 spiro atoms. The molecule has 0 aromatic heterocycles. The fourth-order valence-electron chi connectivity index (χ4n) is 4.28. The molecule has 0 aliphatic carbocycles. The van der Waals surface area contributed by atoms with E-state index in [1.54, 1.807) is 4.90 Å². The van der Waals surface area contributed by atoms with Crippen LogP contribution in [0.4, 0.5) is 17.1 Å². The van der Waals surface area contributed by atoms with Crippen LogP contribution in [0.5, 0.6) is 11.5 Å². The molecule has 0 saturated carbocycles. The summed E-state index contributed by atoms with van der Waals surface area (Å²) in [5.74, 6) is 0.528. The van der Waals surface area contributed by atoms with Gasteiger partial charge in [-0.15, -0.1) is 0 Å². The average Bonchev–Trinajstić information content (AvgIpc) is 3.28. The van der Waals surface area contributed by atoms with Gasteiger partial charge in [-0.25, -0.2) is 4.99 Å². The summed E-state index contributed by atoms with van der Waals surface area (Å²) in [6, 6.07) is 28.6. The molecule has 9 heteroatoms. The van der Waals surface area contributed by atoms with Crippen LogP contribution in [-0.2, 0) is 9.59 Å². The number of rotatable bonds is 9. The van der Waals surface area contributed by atoms with Gasteiger partial charge in [0.1, 0.15) is 0 Å². The lowest BCUT2D eigenvalue weighted by atomic mass is 10.1. The largest absolute Gasteiger partial charge is 0.490 e. The molecule has 1 heterocycles. The molecule has 5 rings (SSSR count). The number of hydrogen-bond acceptors (Lipinski definition) is 6. The molecule has 0 bridgehead atoms. The van der Waals surface area contributed by atoms with Crippen molar-refractivity contribution in [2.45, 2.75) is 20.8 Å². The number of nitrogens with zero attached hydrogens (tertiary/aromatic N) is 2. The number of aryl methyl sites for hydroxylation is 2. The molecule has 1 fully saturated rings. The third-order valence-corrected chi connectivity index (χ3v) is 8.16. The number of anilines is 2. The van der Waals surface area contributed by atoms with E-state index in [-0.39, 0.29) is 18.4 Å². The third-order valence-electron chi connectivity index (χ3n) is 6.39. The maximum absolute atomic E-state index is 13.8. The first-order valence-electron chi connectivity index (χ1n) is 13.7. The number of carbonyl (C=O) groups is 2. The van der Waals surface area contributed by atoms with Crippen molar-refractivity contribution in [1.29, 1.82) is 0 Å². The summed E-state index contributed by atoms with van der Waals surface area (Å²) in [6.45, 7) is 6.15. The van der Waals surface area contributed by atoms with E-state index in [9.17, 15) is 9.59 Å². The van der Waals surface area contributed by atoms with Crippen molar-refractivity contribution in [2.75, 3.05) is 23.4 Å². The Morgan fingerprint density at radius 2 is 1.63 bits per heavy atom. The van der Waals surface area contributed by atoms with Crippen molar-refractivity contribution in [3.63, 3.8) is 0 Å². The Balaban J connectivity index is 1.43. The number of aliphatic imine (C=N–C) groups is 1. The quantitative estimate of drug-likeness (QED) is 0.141. The number of hydrogen-bond donors (Lipinski definition) is 1. The SMILES string of the molecule is CCOc1cc(/C=C2\SC(=Nc3ccc(C)cc3)N(c3ccc(C)cc3)C2=O)cc(I)c1OCC(=O)Nc1ccccc1. The van der Waals surface area contributed by atoms with Gasteiger partial charge in [-0.2, -0.15) is 0 Å². The molecule has 7 nitrogen and oxygen atoms in total. The maximum Gasteiger partial charge on any atom is 0.271 e. The molecule has 1 aliphatic heterocycles. The second-order valence-electron chi connectivity index (χ2n) is 9.78. The van der Waals surface area contributed by atoms with Gasteiger partial charge < -0.3 is 14.8 Å². The first kappa shape index (κ1) is 30.4. The number of amides is 2. The van der Waals surface area contributed by atoms with Gasteiger partial charge in [-0.1, -0.05) is 53.6 Å². The van der Waals surface area contributed by atoms with E-state index >= 15 is 0 Å². The monoisotopic (exact) mass is 703 g/mol. The fourth-order valence-corrected chi connectivity index (χ4v) is 6.06. The first-order chi connectivity index (χ1) is 20.8. The Kier molecular flexibility index (Phi) is 9.83. The van der Waals surface area contributed by atoms with E-state index in [0.29, 0.717) is 33.9 Å². The summed E-state index contributed by atoms with van der Waals surface area (Å²) in [5, 5.41) is 3.40. The zero-order valence-corrected chi connectivity index (χ0v) is 26.9. The molecule has 4 aromatic rings. The van der Waals surface area contributed by atoms with Crippen LogP contribution in [-0.4, -0.2) is 30.2 Å². The second-order valence-corrected chi connectivity index (χ2v) is 12.0. The van der Waals surface area contributed by atoms with E-state index < -0.39 is 0 Å². The Labute approximate surface area is 269 Å². The van der Waals surface area contributed by atoms with Gasteiger partial charge in [-0.05, 0) is 115 Å². The lowest BCUT2D eigenvalue weighted by Gasteiger charge is -2.16. The van der Waals surface area contributed by atoms with Crippen LogP contribution >= 0.6 is 34.4 Å². The summed E-state index contributed by atoms with van der Waals surface area (Å²) in [5.41, 5.74) is 5.23. The number of carbonyl (C=O) groups excluding carboxylic acids is 2. The normalized spacial score (nSPS) is 14.8. The summed E-state index contributed by atoms with van der Waals surface area (Å²) in [4.78, 5) is 33.3. The highest BCUT2D eigenvalue weighted by Crippen LogP contribution is 2.40. The highest BCUT2D eigenvalue weighted by atomic mass is 127. The van der Waals surface area contributed by atoms with Crippen LogP contribution in [0.3, 0.4) is 0 Å². The van der Waals surface area contributed by atoms with Crippen molar-refractivity contribution in [3.8, 4) is 11.5 Å². The minimum absolute atomic E-state index is 0.161. The molecular weight excluding hydrogens is 673 g/mol. The molecule has 1 saturated heterocycles. The van der Waals surface area contributed by atoms with Crippen LogP contribution in [0, 0.1) is 17.4 Å². The van der Waals surface area contributed by atoms with E-state index in [4.69, 9.17) is 14.5 Å². The highest BCUT2D eigenvalue weighted by Gasteiger charge is 2.35. The Morgan fingerprint density at radius 3 is 2.30 bits per heavy atom. The first-order valence-corrected chi connectivity index (χ1v) is 15.6. The third kappa shape index (κ3) is 7.66. The number of thioether (sulfide) groups is 1. The number of halogens is 1. The van der Waals surface area contributed by atoms with Gasteiger partial charge in [0, 0.05) is 5.69 Å². The summed E-state index contributed by atoms with van der Waals surface area (Å²) in [6.07, 6.45) is 1.84. The summed E-state index contributed by atoms with van der Waals surface area (Å²) < 4.78 is 12.6. The molecule has 218 valence electrons. The van der Waals surface area contributed by atoms with Crippen molar-refractivity contribution in [1.82, 2.24) is 0 Å². The predicted molar refractivity (Wildman–Crippen MR) is 183 cm³/mol. The van der Waals surface area contributed by atoms with Crippen LogP contribution < -0.4 is 19.7 Å². The standard InChI is InChI=1S/C34H30IN3O4S/c1-4-41-29-19-24(18-28(35)32(29)42-21-31(39)36-25-8-6-5-7-9-25)20-30-33(40)38(27-16-12-23(3)13-17-27)34(43-30)37-26-14-10-22(2)11-15-26/h5-20H,4,21H2,1-3H3,(H,36,39)/b30-20-,37-34?. The second kappa shape index (κ2) is 13.9. The lowest BCUT2D eigenvalue weighted by molar-refractivity contribution is -0.118. The average molecular weight is 704 g/mol. The van der Waals surface area contributed by atoms with E-state index in [1.807, 2.05) is 118 Å². The molecular formula is C34H30IN3O4S. The van der Waals surface area contributed by atoms with Crippen molar-refractivity contribution >= 4 is 74.5 Å². The molecule has 2 amide bonds. The lowest BCUT2D eigenvalue weighted by Crippen LogP contribution is -2.28. The molecule has 1 aliphatic rings. The van der Waals surface area contributed by atoms with Gasteiger partial charge in [0.25, 0.3) is 11.8 Å². The van der Waals surface area contributed by atoms with Crippen molar-refractivity contribution in [2.24, 2.45) is 4.99 Å². The van der Waals surface area contributed by atoms with Gasteiger partial charge in [0.2, 0.25) is 0 Å². The van der Waals surface area contributed by atoms with Crippen LogP contribution in [0.1, 0.15) is 23.6 Å². The number of nitrogens with one attached hydrogen (secondary N) is 1.